The summed E-state index contributed by atoms with van der Waals surface area (Å²) in [6.45, 7) is 3.62. The number of carbonyl (C=O) groups is 1. The number of anilines is 1. The lowest BCUT2D eigenvalue weighted by Crippen LogP contribution is -2.28. The van der Waals surface area contributed by atoms with Crippen LogP contribution in [0, 0.1) is 0 Å². The Bertz CT molecular complexity index is 558. The monoisotopic (exact) mass is 269 g/mol. The first-order valence-electron chi connectivity index (χ1n) is 5.82. The molecular formula is C14H14F3NO. The Balaban J connectivity index is 2.51. The smallest absolute Gasteiger partial charge is 0.347 e. The second kappa shape index (κ2) is 4.11. The zero-order valence-electron chi connectivity index (χ0n) is 10.9. The molecule has 2 rings (SSSR count). The molecule has 102 valence electrons. The van der Waals surface area contributed by atoms with Gasteiger partial charge in [-0.25, -0.2) is 0 Å². The maximum atomic E-state index is 12.4. The maximum absolute atomic E-state index is 12.4. The largest absolute Gasteiger partial charge is 0.454 e. The first-order valence-corrected chi connectivity index (χ1v) is 5.82. The fourth-order valence-corrected chi connectivity index (χ4v) is 2.46. The quantitative estimate of drug-likeness (QED) is 0.728. The van der Waals surface area contributed by atoms with Crippen molar-refractivity contribution in [3.05, 3.63) is 41.6 Å². The molecule has 0 spiro atoms. The summed E-state index contributed by atoms with van der Waals surface area (Å²) in [4.78, 5) is 12.8. The number of fused-ring (bicyclic) bond motifs is 1. The first kappa shape index (κ1) is 13.6. The van der Waals surface area contributed by atoms with Gasteiger partial charge in [-0.05, 0) is 11.6 Å². The fraction of sp³-hybridized carbons (Fsp3) is 0.357. The van der Waals surface area contributed by atoms with Gasteiger partial charge in [-0.1, -0.05) is 32.0 Å². The van der Waals surface area contributed by atoms with E-state index in [1.54, 1.807) is 11.9 Å². The highest BCUT2D eigenvalue weighted by molar-refractivity contribution is 5.96. The SMILES string of the molecule is CN1/C(=C/C(=O)C(F)(F)F)C(C)(C)c2ccccc21. The third kappa shape index (κ3) is 2.13. The van der Waals surface area contributed by atoms with E-state index in [2.05, 4.69) is 0 Å². The first-order chi connectivity index (χ1) is 8.65. The highest BCUT2D eigenvalue weighted by Gasteiger charge is 2.42. The lowest BCUT2D eigenvalue weighted by Gasteiger charge is -2.24. The number of hydrogen-bond acceptors (Lipinski definition) is 2. The molecule has 1 aliphatic heterocycles. The van der Waals surface area contributed by atoms with Gasteiger partial charge in [0.2, 0.25) is 0 Å². The Morgan fingerprint density at radius 3 is 2.37 bits per heavy atom. The minimum Gasteiger partial charge on any atom is -0.347 e. The van der Waals surface area contributed by atoms with Crippen LogP contribution < -0.4 is 4.90 Å². The normalized spacial score (nSPS) is 19.7. The van der Waals surface area contributed by atoms with Crippen molar-refractivity contribution in [2.24, 2.45) is 0 Å². The average molecular weight is 269 g/mol. The number of carbonyl (C=O) groups excluding carboxylic acids is 1. The van der Waals surface area contributed by atoms with Crippen molar-refractivity contribution in [1.29, 1.82) is 0 Å². The average Bonchev–Trinajstić information content (AvgIpc) is 2.50. The molecule has 0 saturated heterocycles. The molecule has 0 saturated carbocycles. The van der Waals surface area contributed by atoms with E-state index in [4.69, 9.17) is 0 Å². The van der Waals surface area contributed by atoms with Gasteiger partial charge < -0.3 is 4.90 Å². The number of halogens is 3. The second-order valence-corrected chi connectivity index (χ2v) is 5.09. The van der Waals surface area contributed by atoms with Crippen LogP contribution in [0.15, 0.2) is 36.0 Å². The fourth-order valence-electron chi connectivity index (χ4n) is 2.46. The lowest BCUT2D eigenvalue weighted by molar-refractivity contribution is -0.165. The number of allylic oxidation sites excluding steroid dienone is 2. The molecule has 0 amide bonds. The van der Waals surface area contributed by atoms with Crippen molar-refractivity contribution in [2.45, 2.75) is 25.4 Å². The Morgan fingerprint density at radius 1 is 1.26 bits per heavy atom. The summed E-state index contributed by atoms with van der Waals surface area (Å²) in [5, 5.41) is 0. The Labute approximate surface area is 109 Å². The zero-order chi connectivity index (χ0) is 14.4. The summed E-state index contributed by atoms with van der Waals surface area (Å²) < 4.78 is 37.2. The van der Waals surface area contributed by atoms with E-state index in [0.29, 0.717) is 11.8 Å². The van der Waals surface area contributed by atoms with E-state index in [1.165, 1.54) is 0 Å². The van der Waals surface area contributed by atoms with E-state index in [1.807, 2.05) is 38.1 Å². The van der Waals surface area contributed by atoms with Gasteiger partial charge in [0.25, 0.3) is 5.78 Å². The van der Waals surface area contributed by atoms with Gasteiger partial charge in [0.05, 0.1) is 0 Å². The van der Waals surface area contributed by atoms with E-state index >= 15 is 0 Å². The molecule has 1 aromatic rings. The molecular weight excluding hydrogens is 255 g/mol. The molecule has 0 radical (unpaired) electrons. The molecule has 1 heterocycles. The van der Waals surface area contributed by atoms with E-state index in [0.717, 1.165) is 11.3 Å². The van der Waals surface area contributed by atoms with Gasteiger partial charge >= 0.3 is 6.18 Å². The topological polar surface area (TPSA) is 20.3 Å². The molecule has 0 aliphatic carbocycles. The van der Waals surface area contributed by atoms with Crippen LogP contribution >= 0.6 is 0 Å². The van der Waals surface area contributed by atoms with Crippen LogP contribution in [0.5, 0.6) is 0 Å². The third-order valence-corrected chi connectivity index (χ3v) is 3.49. The summed E-state index contributed by atoms with van der Waals surface area (Å²) in [5.74, 6) is -1.82. The highest BCUT2D eigenvalue weighted by atomic mass is 19.4. The van der Waals surface area contributed by atoms with Crippen LogP contribution in [0.1, 0.15) is 19.4 Å². The second-order valence-electron chi connectivity index (χ2n) is 5.09. The molecule has 2 nitrogen and oxygen atoms in total. The molecule has 0 unspecified atom stereocenters. The van der Waals surface area contributed by atoms with Crippen LogP contribution in [0.3, 0.4) is 0 Å². The number of likely N-dealkylation sites (N-methyl/N-ethyl adjacent to an activating group) is 1. The van der Waals surface area contributed by atoms with Crippen molar-refractivity contribution in [2.75, 3.05) is 11.9 Å². The molecule has 0 aromatic heterocycles. The number of ketones is 1. The lowest BCUT2D eigenvalue weighted by atomic mass is 9.83. The number of hydrogen-bond donors (Lipinski definition) is 0. The summed E-state index contributed by atoms with van der Waals surface area (Å²) in [7, 11) is 1.67. The highest BCUT2D eigenvalue weighted by Crippen LogP contribution is 2.46. The number of alkyl halides is 3. The third-order valence-electron chi connectivity index (χ3n) is 3.49. The van der Waals surface area contributed by atoms with E-state index < -0.39 is 17.4 Å². The summed E-state index contributed by atoms with van der Waals surface area (Å²) in [5.41, 5.74) is 1.48. The predicted octanol–water partition coefficient (Wildman–Crippen LogP) is 3.43. The standard InChI is InChI=1S/C14H14F3NO/c1-13(2)9-6-4-5-7-10(9)18(3)11(13)8-12(19)14(15,16)17/h4-8H,1-3H3/b11-8+. The van der Waals surface area contributed by atoms with E-state index in [9.17, 15) is 18.0 Å². The van der Waals surface area contributed by atoms with Crippen molar-refractivity contribution >= 4 is 11.5 Å². The molecule has 0 bridgehead atoms. The number of nitrogens with zero attached hydrogens (tertiary/aromatic N) is 1. The van der Waals surface area contributed by atoms with Gasteiger partial charge in [-0.3, -0.25) is 4.79 Å². The Kier molecular flexibility index (Phi) is 2.96. The van der Waals surface area contributed by atoms with Crippen molar-refractivity contribution in [3.63, 3.8) is 0 Å². The number of rotatable bonds is 1. The van der Waals surface area contributed by atoms with E-state index in [-0.39, 0.29) is 0 Å². The summed E-state index contributed by atoms with van der Waals surface area (Å²) in [6.07, 6.45) is -4.14. The molecule has 0 N–H and O–H groups in total. The molecule has 5 heteroatoms. The van der Waals surface area contributed by atoms with Gasteiger partial charge in [0.1, 0.15) is 0 Å². The Hall–Kier alpha value is -1.78. The van der Waals surface area contributed by atoms with Gasteiger partial charge in [0, 0.05) is 29.9 Å². The van der Waals surface area contributed by atoms with Crippen LogP contribution in [0.25, 0.3) is 0 Å². The molecule has 1 aliphatic rings. The number of para-hydroxylation sites is 1. The van der Waals surface area contributed by atoms with Crippen LogP contribution in [0.2, 0.25) is 0 Å². The van der Waals surface area contributed by atoms with Crippen LogP contribution in [-0.2, 0) is 10.2 Å². The predicted molar refractivity (Wildman–Crippen MR) is 67.0 cm³/mol. The summed E-state index contributed by atoms with van der Waals surface area (Å²) in [6, 6.07) is 7.35. The minimum atomic E-state index is -4.83. The Morgan fingerprint density at radius 2 is 1.84 bits per heavy atom. The minimum absolute atomic E-state index is 0.357. The van der Waals surface area contributed by atoms with Gasteiger partial charge in [-0.15, -0.1) is 0 Å². The van der Waals surface area contributed by atoms with Crippen molar-refractivity contribution < 1.29 is 18.0 Å². The molecule has 1 aromatic carbocycles. The van der Waals surface area contributed by atoms with Gasteiger partial charge in [-0.2, -0.15) is 13.2 Å². The van der Waals surface area contributed by atoms with Gasteiger partial charge in [0.15, 0.2) is 0 Å². The van der Waals surface area contributed by atoms with Crippen LogP contribution in [-0.4, -0.2) is 19.0 Å². The van der Waals surface area contributed by atoms with Crippen molar-refractivity contribution in [3.8, 4) is 0 Å². The summed E-state index contributed by atoms with van der Waals surface area (Å²) >= 11 is 0. The van der Waals surface area contributed by atoms with Crippen LogP contribution in [0.4, 0.5) is 18.9 Å². The molecule has 0 atom stereocenters. The number of benzene rings is 1. The molecule has 19 heavy (non-hydrogen) atoms. The maximum Gasteiger partial charge on any atom is 0.454 e. The molecule has 0 fully saturated rings. The zero-order valence-corrected chi connectivity index (χ0v) is 10.9. The van der Waals surface area contributed by atoms with Crippen molar-refractivity contribution in [1.82, 2.24) is 0 Å².